The zero-order valence-corrected chi connectivity index (χ0v) is 13.0. The Labute approximate surface area is 128 Å². The van der Waals surface area contributed by atoms with Gasteiger partial charge in [-0.25, -0.2) is 0 Å². The van der Waals surface area contributed by atoms with Crippen LogP contribution in [-0.4, -0.2) is 27.5 Å². The Kier molecular flexibility index (Phi) is 5.38. The van der Waals surface area contributed by atoms with Crippen molar-refractivity contribution in [3.05, 3.63) is 40.7 Å². The smallest absolute Gasteiger partial charge is 0.277 e. The summed E-state index contributed by atoms with van der Waals surface area (Å²) in [5, 5.41) is 15.9. The lowest BCUT2D eigenvalue weighted by Gasteiger charge is -2.16. The number of hydrogen-bond acceptors (Lipinski definition) is 5. The third-order valence-electron chi connectivity index (χ3n) is 3.29. The zero-order chi connectivity index (χ0) is 15.2. The van der Waals surface area contributed by atoms with Crippen LogP contribution in [0.4, 0.5) is 11.4 Å². The number of aromatic nitrogens is 1. The van der Waals surface area contributed by atoms with E-state index in [1.54, 1.807) is 30.6 Å². The first-order valence-electron chi connectivity index (χ1n) is 6.99. The van der Waals surface area contributed by atoms with Crippen molar-refractivity contribution in [3.63, 3.8) is 0 Å². The summed E-state index contributed by atoms with van der Waals surface area (Å²) in [6, 6.07) is 5.33. The van der Waals surface area contributed by atoms with Gasteiger partial charge < -0.3 is 5.32 Å². The van der Waals surface area contributed by atoms with E-state index in [0.717, 1.165) is 29.0 Å². The van der Waals surface area contributed by atoms with Crippen LogP contribution in [0.2, 0.25) is 0 Å². The molecule has 1 unspecified atom stereocenters. The molecule has 1 heterocycles. The number of non-ortho nitro benzene ring substituents is 1. The van der Waals surface area contributed by atoms with Crippen molar-refractivity contribution in [2.24, 2.45) is 0 Å². The second-order valence-corrected chi connectivity index (χ2v) is 6.24. The Morgan fingerprint density at radius 3 is 2.90 bits per heavy atom. The van der Waals surface area contributed by atoms with E-state index in [1.807, 2.05) is 11.8 Å². The molecule has 0 bridgehead atoms. The van der Waals surface area contributed by atoms with Crippen molar-refractivity contribution in [1.29, 1.82) is 0 Å². The molecule has 0 aliphatic heterocycles. The summed E-state index contributed by atoms with van der Waals surface area (Å²) in [5.41, 5.74) is 1.02. The Morgan fingerprint density at radius 2 is 2.19 bits per heavy atom. The molecule has 0 amide bonds. The molecule has 112 valence electrons. The fourth-order valence-electron chi connectivity index (χ4n) is 2.20. The topological polar surface area (TPSA) is 68.1 Å². The van der Waals surface area contributed by atoms with Gasteiger partial charge in [-0.05, 0) is 37.0 Å². The molecular weight excluding hydrogens is 286 g/mol. The van der Waals surface area contributed by atoms with Crippen LogP contribution in [0.1, 0.15) is 20.3 Å². The zero-order valence-electron chi connectivity index (χ0n) is 12.2. The highest BCUT2D eigenvalue weighted by Crippen LogP contribution is 2.31. The summed E-state index contributed by atoms with van der Waals surface area (Å²) in [6.07, 6.45) is 4.32. The Hall–Kier alpha value is -1.82. The Morgan fingerprint density at radius 1 is 1.38 bits per heavy atom. The van der Waals surface area contributed by atoms with Gasteiger partial charge in [-0.2, -0.15) is 11.8 Å². The largest absolute Gasteiger partial charge is 0.382 e. The molecule has 0 aliphatic carbocycles. The van der Waals surface area contributed by atoms with Crippen molar-refractivity contribution in [1.82, 2.24) is 4.98 Å². The maximum absolute atomic E-state index is 11.1. The van der Waals surface area contributed by atoms with E-state index in [2.05, 4.69) is 24.1 Å². The number of nitrogens with one attached hydrogen (secondary N) is 1. The predicted molar refractivity (Wildman–Crippen MR) is 89.1 cm³/mol. The average Bonchev–Trinajstić information content (AvgIpc) is 2.47. The van der Waals surface area contributed by atoms with Gasteiger partial charge in [0.15, 0.2) is 0 Å². The molecule has 0 spiro atoms. The van der Waals surface area contributed by atoms with Gasteiger partial charge in [-0.3, -0.25) is 15.1 Å². The Balaban J connectivity index is 2.25. The summed E-state index contributed by atoms with van der Waals surface area (Å²) in [7, 11) is 0. The van der Waals surface area contributed by atoms with Crippen LogP contribution in [0.5, 0.6) is 0 Å². The molecule has 0 radical (unpaired) electrons. The van der Waals surface area contributed by atoms with E-state index in [1.165, 1.54) is 0 Å². The number of thioether (sulfide) groups is 1. The van der Waals surface area contributed by atoms with Gasteiger partial charge in [0.05, 0.1) is 10.3 Å². The second kappa shape index (κ2) is 7.26. The maximum atomic E-state index is 11.1. The minimum Gasteiger partial charge on any atom is -0.382 e. The summed E-state index contributed by atoms with van der Waals surface area (Å²) in [4.78, 5) is 14.8. The van der Waals surface area contributed by atoms with Crippen LogP contribution in [0.3, 0.4) is 0 Å². The van der Waals surface area contributed by atoms with E-state index in [-0.39, 0.29) is 10.6 Å². The van der Waals surface area contributed by atoms with Gasteiger partial charge >= 0.3 is 0 Å². The number of benzene rings is 1. The van der Waals surface area contributed by atoms with E-state index < -0.39 is 0 Å². The quantitative estimate of drug-likeness (QED) is 0.474. The molecule has 21 heavy (non-hydrogen) atoms. The third-order valence-corrected chi connectivity index (χ3v) is 4.23. The van der Waals surface area contributed by atoms with Crippen molar-refractivity contribution < 1.29 is 4.92 Å². The number of pyridine rings is 1. The van der Waals surface area contributed by atoms with E-state index in [0.29, 0.717) is 11.4 Å². The first kappa shape index (κ1) is 15.6. The summed E-state index contributed by atoms with van der Waals surface area (Å²) in [5.74, 6) is 2.23. The van der Waals surface area contributed by atoms with Crippen LogP contribution >= 0.6 is 11.8 Å². The number of nitro groups is 1. The molecule has 0 saturated carbocycles. The number of fused-ring (bicyclic) bond motifs is 1. The molecule has 0 saturated heterocycles. The molecular formula is C15H19N3O2S. The van der Waals surface area contributed by atoms with Crippen molar-refractivity contribution in [3.8, 4) is 0 Å². The van der Waals surface area contributed by atoms with E-state index in [9.17, 15) is 10.1 Å². The van der Waals surface area contributed by atoms with Gasteiger partial charge in [0.2, 0.25) is 0 Å². The number of rotatable bonds is 7. The molecule has 1 N–H and O–H groups in total. The summed E-state index contributed by atoms with van der Waals surface area (Å²) in [6.45, 7) is 4.28. The van der Waals surface area contributed by atoms with E-state index >= 15 is 0 Å². The van der Waals surface area contributed by atoms with Gasteiger partial charge in [-0.15, -0.1) is 0 Å². The van der Waals surface area contributed by atoms with Gasteiger partial charge in [0.1, 0.15) is 0 Å². The third kappa shape index (κ3) is 3.85. The number of nitro benzene ring substituents is 1. The molecule has 0 fully saturated rings. The first-order chi connectivity index (χ1) is 10.1. The second-order valence-electron chi connectivity index (χ2n) is 4.84. The van der Waals surface area contributed by atoms with Crippen molar-refractivity contribution in [2.75, 3.05) is 16.8 Å². The fourth-order valence-corrected chi connectivity index (χ4v) is 3.01. The lowest BCUT2D eigenvalue weighted by Crippen LogP contribution is -2.16. The fraction of sp³-hybridized carbons (Fsp3) is 0.400. The molecule has 2 rings (SSSR count). The summed E-state index contributed by atoms with van der Waals surface area (Å²) >= 11 is 1.92. The highest BCUT2D eigenvalue weighted by molar-refractivity contribution is 7.99. The minimum atomic E-state index is -0.354. The van der Waals surface area contributed by atoms with Crippen LogP contribution < -0.4 is 5.32 Å². The summed E-state index contributed by atoms with van der Waals surface area (Å²) < 4.78 is 0. The first-order valence-corrected chi connectivity index (χ1v) is 8.14. The molecule has 1 atom stereocenters. The number of nitrogens with zero attached hydrogens (tertiary/aromatic N) is 2. The monoisotopic (exact) mass is 305 g/mol. The lowest BCUT2D eigenvalue weighted by molar-refractivity contribution is -0.383. The van der Waals surface area contributed by atoms with Crippen LogP contribution in [0.15, 0.2) is 30.6 Å². The standard InChI is InChI=1S/C15H19N3O2S/c1-3-21-9-7-11(2)17-14-4-5-15(18(19)20)12-6-8-16-10-13(12)14/h4-6,8,10-11,17H,3,7,9H2,1-2H3. The van der Waals surface area contributed by atoms with Crippen LogP contribution in [0, 0.1) is 10.1 Å². The highest BCUT2D eigenvalue weighted by Gasteiger charge is 2.15. The van der Waals surface area contributed by atoms with Crippen LogP contribution in [0.25, 0.3) is 10.8 Å². The molecule has 2 aromatic rings. The van der Waals surface area contributed by atoms with Gasteiger partial charge in [0.25, 0.3) is 5.69 Å². The van der Waals surface area contributed by atoms with Gasteiger partial charge in [0, 0.05) is 35.6 Å². The predicted octanol–water partition coefficient (Wildman–Crippen LogP) is 4.09. The van der Waals surface area contributed by atoms with Crippen molar-refractivity contribution in [2.45, 2.75) is 26.3 Å². The van der Waals surface area contributed by atoms with Crippen molar-refractivity contribution >= 4 is 33.9 Å². The van der Waals surface area contributed by atoms with Gasteiger partial charge in [-0.1, -0.05) is 6.92 Å². The minimum absolute atomic E-state index is 0.118. The van der Waals surface area contributed by atoms with Crippen LogP contribution in [-0.2, 0) is 0 Å². The lowest BCUT2D eigenvalue weighted by atomic mass is 10.1. The molecule has 1 aromatic heterocycles. The Bertz CT molecular complexity index is 633. The molecule has 5 nitrogen and oxygen atoms in total. The maximum Gasteiger partial charge on any atom is 0.277 e. The molecule has 1 aromatic carbocycles. The highest BCUT2D eigenvalue weighted by atomic mass is 32.2. The normalized spacial score (nSPS) is 12.3. The number of hydrogen-bond donors (Lipinski definition) is 1. The average molecular weight is 305 g/mol. The molecule has 0 aliphatic rings. The number of anilines is 1. The SMILES string of the molecule is CCSCCC(C)Nc1ccc([N+](=O)[O-])c2ccncc12. The molecule has 6 heteroatoms. The van der Waals surface area contributed by atoms with E-state index in [4.69, 9.17) is 0 Å².